The van der Waals surface area contributed by atoms with Crippen molar-refractivity contribution in [2.75, 3.05) is 32.8 Å². The molecular formula is C16H25N7O3S. The van der Waals surface area contributed by atoms with Crippen LogP contribution in [0.3, 0.4) is 0 Å². The normalized spacial score (nSPS) is 15.3. The van der Waals surface area contributed by atoms with Crippen LogP contribution in [-0.4, -0.2) is 67.2 Å². The molecule has 1 N–H and O–H groups in total. The zero-order valence-electron chi connectivity index (χ0n) is 15.7. The lowest BCUT2D eigenvalue weighted by atomic mass is 10.3. The third kappa shape index (κ3) is 4.60. The number of ether oxygens (including phenoxy) is 1. The van der Waals surface area contributed by atoms with E-state index in [-0.39, 0.29) is 10.6 Å². The Kier molecular flexibility index (Phi) is 6.34. The summed E-state index contributed by atoms with van der Waals surface area (Å²) in [7, 11) is 0. The van der Waals surface area contributed by atoms with Gasteiger partial charge < -0.3 is 9.30 Å². The van der Waals surface area contributed by atoms with E-state index in [1.54, 1.807) is 18.5 Å². The van der Waals surface area contributed by atoms with Gasteiger partial charge in [0, 0.05) is 39.1 Å². The lowest BCUT2D eigenvalue weighted by molar-refractivity contribution is -0.386. The van der Waals surface area contributed by atoms with Crippen molar-refractivity contribution in [3.63, 3.8) is 0 Å². The molecule has 0 atom stereocenters. The van der Waals surface area contributed by atoms with Crippen molar-refractivity contribution in [3.8, 4) is 0 Å². The number of morpholine rings is 1. The number of nitro groups is 1. The molecular weight excluding hydrogens is 370 g/mol. The third-order valence-corrected chi connectivity index (χ3v) is 5.18. The highest BCUT2D eigenvalue weighted by Crippen LogP contribution is 2.21. The van der Waals surface area contributed by atoms with Crippen molar-refractivity contribution in [2.45, 2.75) is 39.8 Å². The predicted octanol–water partition coefficient (Wildman–Crippen LogP) is 1.63. The van der Waals surface area contributed by atoms with Crippen LogP contribution in [0.2, 0.25) is 0 Å². The van der Waals surface area contributed by atoms with Gasteiger partial charge in [-0.1, -0.05) is 0 Å². The summed E-state index contributed by atoms with van der Waals surface area (Å²) < 4.78 is 9.65. The zero-order chi connectivity index (χ0) is 19.4. The van der Waals surface area contributed by atoms with Crippen LogP contribution in [0.15, 0.2) is 0 Å². The molecule has 2 aromatic heterocycles. The van der Waals surface area contributed by atoms with Gasteiger partial charge in [-0.15, -0.1) is 0 Å². The largest absolute Gasteiger partial charge is 0.379 e. The fourth-order valence-electron chi connectivity index (χ4n) is 3.42. The number of H-pyrrole nitrogens is 1. The van der Waals surface area contributed by atoms with E-state index in [1.165, 1.54) is 0 Å². The van der Waals surface area contributed by atoms with Crippen molar-refractivity contribution in [2.24, 2.45) is 0 Å². The SMILES string of the molecule is Cc1nn(CCc2n[nH]c(=S)n2CCCN2CCOCC2)c(C)c1[N+](=O)[O-]. The Bertz CT molecular complexity index is 851. The molecule has 1 saturated heterocycles. The molecule has 0 unspecified atom stereocenters. The van der Waals surface area contributed by atoms with Crippen LogP contribution in [0.25, 0.3) is 0 Å². The molecule has 148 valence electrons. The molecule has 10 nitrogen and oxygen atoms in total. The Labute approximate surface area is 162 Å². The third-order valence-electron chi connectivity index (χ3n) is 4.87. The van der Waals surface area contributed by atoms with Crippen molar-refractivity contribution >= 4 is 17.9 Å². The van der Waals surface area contributed by atoms with Crippen LogP contribution in [0.5, 0.6) is 0 Å². The Morgan fingerprint density at radius 2 is 2.00 bits per heavy atom. The quantitative estimate of drug-likeness (QED) is 0.411. The van der Waals surface area contributed by atoms with E-state index < -0.39 is 0 Å². The molecule has 0 aliphatic carbocycles. The summed E-state index contributed by atoms with van der Waals surface area (Å²) in [6.45, 7) is 9.22. The number of aryl methyl sites for hydroxylation is 3. The first kappa shape index (κ1) is 19.6. The first-order valence-electron chi connectivity index (χ1n) is 9.10. The Morgan fingerprint density at radius 3 is 2.67 bits per heavy atom. The fraction of sp³-hybridized carbons (Fsp3) is 0.688. The molecule has 0 amide bonds. The monoisotopic (exact) mass is 395 g/mol. The van der Waals surface area contributed by atoms with Gasteiger partial charge in [0.2, 0.25) is 0 Å². The summed E-state index contributed by atoms with van der Waals surface area (Å²) in [6, 6.07) is 0. The molecule has 0 saturated carbocycles. The maximum Gasteiger partial charge on any atom is 0.312 e. The van der Waals surface area contributed by atoms with Gasteiger partial charge in [-0.25, -0.2) is 0 Å². The minimum atomic E-state index is -0.379. The highest BCUT2D eigenvalue weighted by atomic mass is 32.1. The first-order chi connectivity index (χ1) is 13.0. The molecule has 2 aromatic rings. The lowest BCUT2D eigenvalue weighted by Gasteiger charge is -2.26. The molecule has 0 aromatic carbocycles. The average Bonchev–Trinajstić information content (AvgIpc) is 3.13. The maximum absolute atomic E-state index is 11.1. The molecule has 1 aliphatic rings. The second-order valence-electron chi connectivity index (χ2n) is 6.65. The minimum Gasteiger partial charge on any atom is -0.379 e. The highest BCUT2D eigenvalue weighted by Gasteiger charge is 2.22. The van der Waals surface area contributed by atoms with E-state index in [0.717, 1.165) is 51.6 Å². The van der Waals surface area contributed by atoms with Crippen LogP contribution in [-0.2, 0) is 24.2 Å². The second kappa shape index (κ2) is 8.72. The van der Waals surface area contributed by atoms with E-state index in [9.17, 15) is 10.1 Å². The Balaban J connectivity index is 1.60. The van der Waals surface area contributed by atoms with Crippen LogP contribution in [0.1, 0.15) is 23.6 Å². The molecule has 1 fully saturated rings. The molecule has 3 rings (SSSR count). The summed E-state index contributed by atoms with van der Waals surface area (Å²) >= 11 is 5.36. The molecule has 11 heteroatoms. The van der Waals surface area contributed by atoms with E-state index in [0.29, 0.717) is 29.1 Å². The van der Waals surface area contributed by atoms with Crippen LogP contribution in [0.4, 0.5) is 5.69 Å². The van der Waals surface area contributed by atoms with Gasteiger partial charge >= 0.3 is 5.69 Å². The zero-order valence-corrected chi connectivity index (χ0v) is 16.5. The fourth-order valence-corrected chi connectivity index (χ4v) is 3.67. The molecule has 1 aliphatic heterocycles. The smallest absolute Gasteiger partial charge is 0.312 e. The van der Waals surface area contributed by atoms with Gasteiger partial charge in [0.15, 0.2) is 4.77 Å². The number of nitrogens with one attached hydrogen (secondary N) is 1. The summed E-state index contributed by atoms with van der Waals surface area (Å²) in [5.74, 6) is 0.845. The Hall–Kier alpha value is -2.11. The van der Waals surface area contributed by atoms with Gasteiger partial charge in [-0.05, 0) is 32.5 Å². The number of nitrogens with zero attached hydrogens (tertiary/aromatic N) is 6. The van der Waals surface area contributed by atoms with Crippen LogP contribution < -0.4 is 0 Å². The van der Waals surface area contributed by atoms with Crippen molar-refractivity contribution < 1.29 is 9.66 Å². The van der Waals surface area contributed by atoms with Crippen LogP contribution >= 0.6 is 12.2 Å². The summed E-state index contributed by atoms with van der Waals surface area (Å²) in [5, 5.41) is 22.6. The van der Waals surface area contributed by atoms with E-state index in [4.69, 9.17) is 17.0 Å². The van der Waals surface area contributed by atoms with E-state index >= 15 is 0 Å². The van der Waals surface area contributed by atoms with Crippen molar-refractivity contribution in [3.05, 3.63) is 32.1 Å². The molecule has 3 heterocycles. The van der Waals surface area contributed by atoms with Gasteiger partial charge in [0.25, 0.3) is 0 Å². The maximum atomic E-state index is 11.1. The highest BCUT2D eigenvalue weighted by molar-refractivity contribution is 7.71. The van der Waals surface area contributed by atoms with Crippen LogP contribution in [0, 0.1) is 28.7 Å². The number of aromatic nitrogens is 5. The summed E-state index contributed by atoms with van der Waals surface area (Å²) in [6.07, 6.45) is 1.58. The number of rotatable bonds is 8. The molecule has 27 heavy (non-hydrogen) atoms. The summed E-state index contributed by atoms with van der Waals surface area (Å²) in [5.41, 5.74) is 1.08. The minimum absolute atomic E-state index is 0.0828. The van der Waals surface area contributed by atoms with Gasteiger partial charge in [0.05, 0.1) is 18.1 Å². The lowest BCUT2D eigenvalue weighted by Crippen LogP contribution is -2.37. The number of hydrogen-bond donors (Lipinski definition) is 1. The van der Waals surface area contributed by atoms with Gasteiger partial charge in [-0.3, -0.25) is 24.8 Å². The second-order valence-corrected chi connectivity index (χ2v) is 7.04. The first-order valence-corrected chi connectivity index (χ1v) is 9.50. The van der Waals surface area contributed by atoms with Crippen molar-refractivity contribution in [1.29, 1.82) is 0 Å². The van der Waals surface area contributed by atoms with Gasteiger partial charge in [0.1, 0.15) is 17.2 Å². The van der Waals surface area contributed by atoms with E-state index in [1.807, 2.05) is 4.57 Å². The average molecular weight is 395 g/mol. The predicted molar refractivity (Wildman–Crippen MR) is 101 cm³/mol. The number of aromatic amines is 1. The standard InChI is InChI=1S/C16H25N7O3S/c1-12-15(23(24)25)13(2)22(19-12)7-4-14-17-18-16(27)21(14)6-3-5-20-8-10-26-11-9-20/h3-11H2,1-2H3,(H,18,27). The van der Waals surface area contributed by atoms with E-state index in [2.05, 4.69) is 20.2 Å². The molecule has 0 bridgehead atoms. The summed E-state index contributed by atoms with van der Waals surface area (Å²) in [4.78, 5) is 13.2. The number of hydrogen-bond acceptors (Lipinski definition) is 7. The Morgan fingerprint density at radius 1 is 1.26 bits per heavy atom. The topological polar surface area (TPSA) is 107 Å². The molecule has 0 radical (unpaired) electrons. The van der Waals surface area contributed by atoms with Crippen molar-refractivity contribution in [1.82, 2.24) is 29.4 Å². The van der Waals surface area contributed by atoms with Gasteiger partial charge in [-0.2, -0.15) is 10.2 Å². The molecule has 0 spiro atoms.